The van der Waals surface area contributed by atoms with Gasteiger partial charge in [0, 0.05) is 24.7 Å². The molecule has 2 rings (SSSR count). The largest absolute Gasteiger partial charge is 0.497 e. The van der Waals surface area contributed by atoms with E-state index >= 15 is 0 Å². The van der Waals surface area contributed by atoms with E-state index in [1.165, 1.54) is 0 Å². The minimum Gasteiger partial charge on any atom is -0.497 e. The van der Waals surface area contributed by atoms with E-state index in [1.54, 1.807) is 57.7 Å². The van der Waals surface area contributed by atoms with Crippen LogP contribution < -0.4 is 18.9 Å². The molecule has 1 N–H and O–H groups in total. The Morgan fingerprint density at radius 2 is 1.54 bits per heavy atom. The van der Waals surface area contributed by atoms with Crippen molar-refractivity contribution in [3.63, 3.8) is 0 Å². The fourth-order valence-electron chi connectivity index (χ4n) is 2.80. The predicted octanol–water partition coefficient (Wildman–Crippen LogP) is 3.80. The average molecular weight is 406 g/mol. The Hall–Kier alpha value is -2.51. The second-order valence-corrected chi connectivity index (χ2v) is 6.34. The number of nitrogens with zero attached hydrogens (tertiary/aromatic N) is 1. The Morgan fingerprint density at radius 3 is 2.04 bits per heavy atom. The van der Waals surface area contributed by atoms with Gasteiger partial charge in [0.2, 0.25) is 0 Å². The maximum Gasteiger partial charge on any atom is 0.264 e. The van der Waals surface area contributed by atoms with E-state index in [9.17, 15) is 5.11 Å². The van der Waals surface area contributed by atoms with Crippen molar-refractivity contribution in [2.24, 2.45) is 0 Å². The van der Waals surface area contributed by atoms with Crippen molar-refractivity contribution < 1.29 is 24.1 Å². The molecule has 1 unspecified atom stereocenters. The van der Waals surface area contributed by atoms with Crippen molar-refractivity contribution in [1.82, 2.24) is 4.90 Å². The van der Waals surface area contributed by atoms with Gasteiger partial charge in [0.05, 0.1) is 21.3 Å². The predicted molar refractivity (Wildman–Crippen MR) is 113 cm³/mol. The fraction of sp³-hybridized carbons (Fsp3) is 0.381. The molecule has 0 aliphatic rings. The summed E-state index contributed by atoms with van der Waals surface area (Å²) in [5, 5.41) is 11.4. The zero-order chi connectivity index (χ0) is 20.7. The van der Waals surface area contributed by atoms with E-state index in [0.29, 0.717) is 39.3 Å². The quantitative estimate of drug-likeness (QED) is 0.670. The lowest BCUT2D eigenvalue weighted by Crippen LogP contribution is -2.32. The van der Waals surface area contributed by atoms with Crippen LogP contribution in [0.15, 0.2) is 36.4 Å². The second kappa shape index (κ2) is 10.1. The molecule has 0 spiro atoms. The van der Waals surface area contributed by atoms with Gasteiger partial charge in [-0.2, -0.15) is 0 Å². The monoisotopic (exact) mass is 405 g/mol. The SMILES string of the molecule is CCN(CC)C(=S)Oc1ccc(OC)c(C(O)c2cc(OC)cc(OC)c2)c1. The summed E-state index contributed by atoms with van der Waals surface area (Å²) in [4.78, 5) is 1.93. The molecule has 0 aromatic heterocycles. The molecule has 0 aliphatic heterocycles. The van der Waals surface area contributed by atoms with Crippen LogP contribution in [0.5, 0.6) is 23.0 Å². The molecule has 0 heterocycles. The van der Waals surface area contributed by atoms with Crippen LogP contribution in [0.1, 0.15) is 31.1 Å². The van der Waals surface area contributed by atoms with Gasteiger partial charge in [0.25, 0.3) is 5.17 Å². The third-order valence-electron chi connectivity index (χ3n) is 4.41. The summed E-state index contributed by atoms with van der Waals surface area (Å²) in [7, 11) is 4.68. The van der Waals surface area contributed by atoms with Gasteiger partial charge in [-0.1, -0.05) is 0 Å². The van der Waals surface area contributed by atoms with Gasteiger partial charge < -0.3 is 29.0 Å². The lowest BCUT2D eigenvalue weighted by molar-refractivity contribution is 0.213. The topological polar surface area (TPSA) is 60.4 Å². The highest BCUT2D eigenvalue weighted by Gasteiger charge is 2.19. The van der Waals surface area contributed by atoms with Gasteiger partial charge >= 0.3 is 0 Å². The molecule has 152 valence electrons. The summed E-state index contributed by atoms with van der Waals surface area (Å²) in [6, 6.07) is 10.5. The van der Waals surface area contributed by atoms with Gasteiger partial charge in [0.15, 0.2) is 0 Å². The molecule has 0 fully saturated rings. The van der Waals surface area contributed by atoms with Crippen molar-refractivity contribution in [1.29, 1.82) is 0 Å². The zero-order valence-corrected chi connectivity index (χ0v) is 17.7. The Bertz CT molecular complexity index is 785. The Labute approximate surface area is 171 Å². The lowest BCUT2D eigenvalue weighted by atomic mass is 9.99. The molecule has 7 heteroatoms. The van der Waals surface area contributed by atoms with Crippen LogP contribution >= 0.6 is 12.2 Å². The molecule has 0 bridgehead atoms. The maximum atomic E-state index is 11.0. The van der Waals surface area contributed by atoms with Crippen LogP contribution in [0.25, 0.3) is 0 Å². The fourth-order valence-corrected chi connectivity index (χ4v) is 3.16. The van der Waals surface area contributed by atoms with Crippen LogP contribution in [0.3, 0.4) is 0 Å². The van der Waals surface area contributed by atoms with Gasteiger partial charge in [-0.15, -0.1) is 0 Å². The number of aliphatic hydroxyl groups is 1. The average Bonchev–Trinajstić information content (AvgIpc) is 2.73. The van der Waals surface area contributed by atoms with Crippen LogP contribution in [-0.2, 0) is 0 Å². The van der Waals surface area contributed by atoms with Crippen molar-refractivity contribution in [2.45, 2.75) is 20.0 Å². The Kier molecular flexibility index (Phi) is 7.90. The standard InChI is InChI=1S/C21H27NO5S/c1-6-22(7-2)21(28)27-15-8-9-19(26-5)18(13-15)20(23)14-10-16(24-3)12-17(11-14)25-4/h8-13,20,23H,6-7H2,1-5H3. The molecule has 2 aromatic rings. The minimum atomic E-state index is -0.968. The summed E-state index contributed by atoms with van der Waals surface area (Å²) in [5.74, 6) is 2.24. The normalized spacial score (nSPS) is 11.5. The van der Waals surface area contributed by atoms with E-state index < -0.39 is 6.10 Å². The highest BCUT2D eigenvalue weighted by atomic mass is 32.1. The van der Waals surface area contributed by atoms with E-state index in [4.69, 9.17) is 31.2 Å². The third kappa shape index (κ3) is 5.05. The van der Waals surface area contributed by atoms with E-state index in [1.807, 2.05) is 18.7 Å². The first-order chi connectivity index (χ1) is 13.5. The summed E-state index contributed by atoms with van der Waals surface area (Å²) >= 11 is 5.36. The number of rotatable bonds is 8. The van der Waals surface area contributed by atoms with Gasteiger partial charge in [-0.05, 0) is 62.0 Å². The van der Waals surface area contributed by atoms with Crippen LogP contribution in [0.4, 0.5) is 0 Å². The zero-order valence-electron chi connectivity index (χ0n) is 16.9. The second-order valence-electron chi connectivity index (χ2n) is 5.99. The van der Waals surface area contributed by atoms with E-state index in [2.05, 4.69) is 0 Å². The van der Waals surface area contributed by atoms with Gasteiger partial charge in [-0.25, -0.2) is 0 Å². The molecular weight excluding hydrogens is 378 g/mol. The molecule has 0 saturated carbocycles. The summed E-state index contributed by atoms with van der Waals surface area (Å²) in [6.07, 6.45) is -0.968. The minimum absolute atomic E-state index is 0.388. The van der Waals surface area contributed by atoms with Crippen molar-refractivity contribution in [3.05, 3.63) is 47.5 Å². The number of hydrogen-bond acceptors (Lipinski definition) is 6. The first-order valence-corrected chi connectivity index (χ1v) is 9.43. The summed E-state index contributed by atoms with van der Waals surface area (Å²) in [5.41, 5.74) is 1.16. The van der Waals surface area contributed by atoms with Crippen molar-refractivity contribution in [2.75, 3.05) is 34.4 Å². The van der Waals surface area contributed by atoms with Crippen LogP contribution in [0, 0.1) is 0 Å². The van der Waals surface area contributed by atoms with Gasteiger partial charge in [0.1, 0.15) is 29.1 Å². The van der Waals surface area contributed by atoms with E-state index in [0.717, 1.165) is 13.1 Å². The lowest BCUT2D eigenvalue weighted by Gasteiger charge is -2.22. The smallest absolute Gasteiger partial charge is 0.264 e. The molecule has 0 saturated heterocycles. The molecule has 1 atom stereocenters. The Balaban J connectivity index is 2.39. The van der Waals surface area contributed by atoms with Crippen LogP contribution in [-0.4, -0.2) is 49.6 Å². The summed E-state index contributed by atoms with van der Waals surface area (Å²) in [6.45, 7) is 5.53. The highest BCUT2D eigenvalue weighted by molar-refractivity contribution is 7.80. The number of aliphatic hydroxyl groups excluding tert-OH is 1. The molecular formula is C21H27NO5S. The molecule has 2 aromatic carbocycles. The van der Waals surface area contributed by atoms with Crippen LogP contribution in [0.2, 0.25) is 0 Å². The highest BCUT2D eigenvalue weighted by Crippen LogP contribution is 2.36. The Morgan fingerprint density at radius 1 is 0.929 bits per heavy atom. The molecule has 6 nitrogen and oxygen atoms in total. The van der Waals surface area contributed by atoms with Crippen molar-refractivity contribution >= 4 is 17.4 Å². The number of benzene rings is 2. The number of hydrogen-bond donors (Lipinski definition) is 1. The third-order valence-corrected chi connectivity index (χ3v) is 4.75. The van der Waals surface area contributed by atoms with Crippen molar-refractivity contribution in [3.8, 4) is 23.0 Å². The number of ether oxygens (including phenoxy) is 4. The molecule has 0 aliphatic carbocycles. The first kappa shape index (κ1) is 21.8. The maximum absolute atomic E-state index is 11.0. The summed E-state index contributed by atoms with van der Waals surface area (Å²) < 4.78 is 21.8. The first-order valence-electron chi connectivity index (χ1n) is 9.03. The number of methoxy groups -OCH3 is 3. The van der Waals surface area contributed by atoms with E-state index in [-0.39, 0.29) is 0 Å². The molecule has 0 radical (unpaired) electrons. The van der Waals surface area contributed by atoms with Gasteiger partial charge in [-0.3, -0.25) is 0 Å². The molecule has 28 heavy (non-hydrogen) atoms. The molecule has 0 amide bonds. The number of thiocarbonyl (C=S) groups is 1.